The van der Waals surface area contributed by atoms with E-state index in [1.807, 2.05) is 0 Å². The zero-order valence-electron chi connectivity index (χ0n) is 11.8. The molecule has 0 unspecified atom stereocenters. The molecule has 0 aliphatic carbocycles. The molecule has 0 spiro atoms. The van der Waals surface area contributed by atoms with Crippen LogP contribution in [-0.4, -0.2) is 62.2 Å². The van der Waals surface area contributed by atoms with Gasteiger partial charge in [-0.3, -0.25) is 0 Å². The molecule has 4 nitrogen and oxygen atoms in total. The molecule has 19 heavy (non-hydrogen) atoms. The molecule has 1 heterocycles. The Balaban J connectivity index is 1.97. The van der Waals surface area contributed by atoms with Crippen molar-refractivity contribution in [2.24, 2.45) is 0 Å². The van der Waals surface area contributed by atoms with Crippen molar-refractivity contribution in [3.8, 4) is 0 Å². The summed E-state index contributed by atoms with van der Waals surface area (Å²) in [6.07, 6.45) is 2.22. The number of benzene rings is 1. The molecule has 5 heteroatoms. The van der Waals surface area contributed by atoms with E-state index in [2.05, 4.69) is 30.5 Å². The molecule has 1 aliphatic heterocycles. The number of anilines is 2. The molecule has 0 amide bonds. The van der Waals surface area contributed by atoms with E-state index in [9.17, 15) is 0 Å². The molecule has 0 N–H and O–H groups in total. The Labute approximate surface area is 126 Å². The van der Waals surface area contributed by atoms with E-state index in [0.717, 1.165) is 39.1 Å². The topological polar surface area (TPSA) is 24.9 Å². The van der Waals surface area contributed by atoms with Gasteiger partial charge in [-0.25, -0.2) is 0 Å². The fourth-order valence-corrected chi connectivity index (χ4v) is 6.25. The standard InChI is InChI=1S/C14H22N2O2.Sn/c1-17-11-5-9-15-13-7-3-4-8-14(13)16-10-6-12-18-2;/h3-4,7-8H,5-6,9-12H2,1-2H3;/q-2;+2. The summed E-state index contributed by atoms with van der Waals surface area (Å²) < 4.78 is 15.5. The average molecular weight is 369 g/mol. The van der Waals surface area contributed by atoms with Crippen molar-refractivity contribution in [1.29, 1.82) is 0 Å². The minimum atomic E-state index is -0.688. The average Bonchev–Trinajstić information content (AvgIpc) is 2.79. The molecule has 1 aromatic carbocycles. The van der Waals surface area contributed by atoms with Crippen LogP contribution in [0.3, 0.4) is 0 Å². The molecule has 1 aromatic rings. The van der Waals surface area contributed by atoms with Crippen molar-refractivity contribution in [1.82, 2.24) is 0 Å². The van der Waals surface area contributed by atoms with Crippen molar-refractivity contribution in [2.45, 2.75) is 12.8 Å². The number of nitrogens with zero attached hydrogens (tertiary/aromatic N) is 2. The number of methoxy groups -OCH3 is 2. The van der Waals surface area contributed by atoms with Crippen LogP contribution >= 0.6 is 0 Å². The molecule has 0 saturated carbocycles. The summed E-state index contributed by atoms with van der Waals surface area (Å²) in [6, 6.07) is 8.78. The Morgan fingerprint density at radius 1 is 0.895 bits per heavy atom. The van der Waals surface area contributed by atoms with Gasteiger partial charge in [-0.05, 0) is 0 Å². The molecule has 104 valence electrons. The first kappa shape index (κ1) is 14.9. The van der Waals surface area contributed by atoms with Gasteiger partial charge in [0, 0.05) is 0 Å². The second kappa shape index (κ2) is 7.97. The Morgan fingerprint density at radius 3 is 1.79 bits per heavy atom. The fraction of sp³-hybridized carbons (Fsp3) is 0.571. The van der Waals surface area contributed by atoms with Gasteiger partial charge in [0.2, 0.25) is 0 Å². The summed E-state index contributed by atoms with van der Waals surface area (Å²) in [4.78, 5) is 0. The maximum absolute atomic E-state index is 5.16. The van der Waals surface area contributed by atoms with Gasteiger partial charge >= 0.3 is 126 Å². The van der Waals surface area contributed by atoms with Crippen molar-refractivity contribution < 1.29 is 9.47 Å². The summed E-state index contributed by atoms with van der Waals surface area (Å²) in [5.41, 5.74) is 2.84. The number of ether oxygens (including phenoxy) is 2. The summed E-state index contributed by atoms with van der Waals surface area (Å²) in [7, 11) is 3.55. The summed E-state index contributed by atoms with van der Waals surface area (Å²) in [5.74, 6) is 0. The molecule has 2 radical (unpaired) electrons. The van der Waals surface area contributed by atoms with Gasteiger partial charge in [0.15, 0.2) is 0 Å². The molecule has 0 atom stereocenters. The molecule has 2 rings (SSSR count). The molecular weight excluding hydrogens is 347 g/mol. The van der Waals surface area contributed by atoms with Crippen molar-refractivity contribution in [3.05, 3.63) is 24.3 Å². The van der Waals surface area contributed by atoms with E-state index < -0.39 is 21.7 Å². The monoisotopic (exact) mass is 370 g/mol. The first-order chi connectivity index (χ1) is 9.36. The van der Waals surface area contributed by atoms with Crippen molar-refractivity contribution >= 4 is 33.1 Å². The predicted molar refractivity (Wildman–Crippen MR) is 79.9 cm³/mol. The van der Waals surface area contributed by atoms with E-state index in [1.165, 1.54) is 11.4 Å². The first-order valence-electron chi connectivity index (χ1n) is 6.75. The third-order valence-corrected chi connectivity index (χ3v) is 7.19. The van der Waals surface area contributed by atoms with Crippen molar-refractivity contribution in [3.63, 3.8) is 0 Å². The van der Waals surface area contributed by atoms with Gasteiger partial charge in [-0.2, -0.15) is 0 Å². The second-order valence-electron chi connectivity index (χ2n) is 4.58. The van der Waals surface area contributed by atoms with Gasteiger partial charge in [-0.1, -0.05) is 0 Å². The number of rotatable bonds is 8. The molecular formula is C14H22N2O2Sn. The van der Waals surface area contributed by atoms with E-state index in [-0.39, 0.29) is 0 Å². The van der Waals surface area contributed by atoms with Crippen molar-refractivity contribution in [2.75, 3.05) is 46.8 Å². The quantitative estimate of drug-likeness (QED) is 0.517. The number of fused-ring (bicyclic) bond motifs is 1. The number of hydrogen-bond donors (Lipinski definition) is 0. The van der Waals surface area contributed by atoms with Crippen LogP contribution in [0.15, 0.2) is 24.3 Å². The number of hydrogen-bond acceptors (Lipinski definition) is 4. The first-order valence-corrected chi connectivity index (χ1v) is 9.30. The van der Waals surface area contributed by atoms with Crippen LogP contribution in [0.1, 0.15) is 12.8 Å². The Bertz CT molecular complexity index is 354. The fourth-order valence-electron chi connectivity index (χ4n) is 2.25. The van der Waals surface area contributed by atoms with E-state index in [0.29, 0.717) is 0 Å². The van der Waals surface area contributed by atoms with E-state index >= 15 is 0 Å². The van der Waals surface area contributed by atoms with Gasteiger partial charge < -0.3 is 0 Å². The van der Waals surface area contributed by atoms with Gasteiger partial charge in [0.05, 0.1) is 0 Å². The molecule has 0 saturated heterocycles. The zero-order valence-corrected chi connectivity index (χ0v) is 14.6. The molecule has 0 fully saturated rings. The Morgan fingerprint density at radius 2 is 1.37 bits per heavy atom. The van der Waals surface area contributed by atoms with Crippen LogP contribution in [0, 0.1) is 0 Å². The third kappa shape index (κ3) is 4.00. The number of para-hydroxylation sites is 2. The normalized spacial score (nSPS) is 14.0. The van der Waals surface area contributed by atoms with Gasteiger partial charge in [0.1, 0.15) is 0 Å². The van der Waals surface area contributed by atoms with Gasteiger partial charge in [0.25, 0.3) is 0 Å². The van der Waals surface area contributed by atoms with E-state index in [4.69, 9.17) is 9.47 Å². The maximum atomic E-state index is 5.16. The Kier molecular flexibility index (Phi) is 6.26. The summed E-state index contributed by atoms with van der Waals surface area (Å²) >= 11 is -0.688. The minimum absolute atomic E-state index is 0.688. The van der Waals surface area contributed by atoms with Crippen LogP contribution in [-0.2, 0) is 9.47 Å². The molecule has 0 aromatic heterocycles. The molecule has 0 bridgehead atoms. The third-order valence-electron chi connectivity index (χ3n) is 3.17. The van der Waals surface area contributed by atoms with Crippen LogP contribution in [0.2, 0.25) is 0 Å². The summed E-state index contributed by atoms with van der Waals surface area (Å²) in [6.45, 7) is 3.94. The van der Waals surface area contributed by atoms with Crippen LogP contribution < -0.4 is 6.24 Å². The summed E-state index contributed by atoms with van der Waals surface area (Å²) in [5, 5.41) is 0. The SMILES string of the molecule is COCCC[N]1[Sn][N](CCCOC)c2ccccc21. The molecule has 1 aliphatic rings. The van der Waals surface area contributed by atoms with E-state index in [1.54, 1.807) is 14.2 Å². The van der Waals surface area contributed by atoms with Crippen LogP contribution in [0.25, 0.3) is 0 Å². The van der Waals surface area contributed by atoms with Gasteiger partial charge in [-0.15, -0.1) is 0 Å². The zero-order chi connectivity index (χ0) is 13.5. The second-order valence-corrected chi connectivity index (χ2v) is 8.24. The van der Waals surface area contributed by atoms with Crippen LogP contribution in [0.5, 0.6) is 0 Å². The predicted octanol–water partition coefficient (Wildman–Crippen LogP) is 1.92. The Hall–Kier alpha value is -0.461. The van der Waals surface area contributed by atoms with Crippen LogP contribution in [0.4, 0.5) is 11.4 Å².